The van der Waals surface area contributed by atoms with Gasteiger partial charge in [0.2, 0.25) is 0 Å². The molecule has 78 valence electrons. The molecule has 0 aromatic heterocycles. The van der Waals surface area contributed by atoms with Crippen LogP contribution in [0.25, 0.3) is 0 Å². The van der Waals surface area contributed by atoms with E-state index in [9.17, 15) is 4.79 Å². The Morgan fingerprint density at radius 3 is 2.40 bits per heavy atom. The Labute approximate surface area is 109 Å². The first-order chi connectivity index (χ1) is 6.50. The van der Waals surface area contributed by atoms with Crippen molar-refractivity contribution in [1.29, 1.82) is 0 Å². The number of hydrogen-bond acceptors (Lipinski definition) is 4. The molecule has 6 heteroatoms. The first-order valence-electron chi connectivity index (χ1n) is 4.00. The van der Waals surface area contributed by atoms with Gasteiger partial charge in [0.05, 0.1) is 0 Å². The van der Waals surface area contributed by atoms with Gasteiger partial charge in [-0.05, 0) is 24.1 Å². The van der Waals surface area contributed by atoms with E-state index in [1.165, 1.54) is 18.2 Å². The molecule has 0 spiro atoms. The van der Waals surface area contributed by atoms with Crippen molar-refractivity contribution in [3.63, 3.8) is 0 Å². The van der Waals surface area contributed by atoms with Crippen LogP contribution in [0.3, 0.4) is 0 Å². The van der Waals surface area contributed by atoms with Crippen molar-refractivity contribution < 1.29 is 20.1 Å². The predicted octanol–water partition coefficient (Wildman–Crippen LogP) is -0.596. The van der Waals surface area contributed by atoms with Gasteiger partial charge in [0.25, 0.3) is 0 Å². The van der Waals surface area contributed by atoms with E-state index in [4.69, 9.17) is 21.1 Å². The predicted molar refractivity (Wildman–Crippen MR) is 56.2 cm³/mol. The van der Waals surface area contributed by atoms with Gasteiger partial charge in [-0.25, -0.2) is 0 Å². The standard InChI is InChI=1S/C9H11NO4.Na.H/c10-6(9(13)14)3-5-1-2-7(11)8(12)4-5;;/h1-2,4,6,11-12H,3,10H2,(H,13,14);;/t6-;;/m0../s1. The van der Waals surface area contributed by atoms with Gasteiger partial charge in [-0.1, -0.05) is 6.07 Å². The molecular formula is C9H12NNaO4. The number of carboxylic acids is 1. The van der Waals surface area contributed by atoms with Crippen LogP contribution in [0.2, 0.25) is 0 Å². The summed E-state index contributed by atoms with van der Waals surface area (Å²) in [6, 6.07) is 3.09. The SMILES string of the molecule is N[C@@H](Cc1ccc(O)c(O)c1)C(=O)O.[NaH]. The molecule has 0 radical (unpaired) electrons. The molecule has 5 N–H and O–H groups in total. The summed E-state index contributed by atoms with van der Waals surface area (Å²) in [7, 11) is 0. The van der Waals surface area contributed by atoms with E-state index in [2.05, 4.69) is 0 Å². The minimum atomic E-state index is -1.10. The average Bonchev–Trinajstić information content (AvgIpc) is 2.11. The van der Waals surface area contributed by atoms with E-state index in [0.717, 1.165) is 0 Å². The monoisotopic (exact) mass is 221 g/mol. The molecular weight excluding hydrogens is 209 g/mol. The van der Waals surface area contributed by atoms with Crippen LogP contribution in [0, 0.1) is 0 Å². The average molecular weight is 221 g/mol. The molecule has 5 nitrogen and oxygen atoms in total. The number of carboxylic acid groups (broad SMARTS) is 1. The van der Waals surface area contributed by atoms with E-state index < -0.39 is 12.0 Å². The Morgan fingerprint density at radius 2 is 1.93 bits per heavy atom. The molecule has 0 saturated heterocycles. The van der Waals surface area contributed by atoms with Gasteiger partial charge in [-0.15, -0.1) is 0 Å². The second-order valence-corrected chi connectivity index (χ2v) is 2.97. The second kappa shape index (κ2) is 5.97. The summed E-state index contributed by atoms with van der Waals surface area (Å²) in [6.45, 7) is 0. The van der Waals surface area contributed by atoms with Crippen LogP contribution in [-0.2, 0) is 11.2 Å². The van der Waals surface area contributed by atoms with Crippen LogP contribution in [-0.4, -0.2) is 56.9 Å². The summed E-state index contributed by atoms with van der Waals surface area (Å²) >= 11 is 0. The zero-order chi connectivity index (χ0) is 10.7. The summed E-state index contributed by atoms with van der Waals surface area (Å²) in [6.07, 6.45) is 0.114. The van der Waals surface area contributed by atoms with Crippen molar-refractivity contribution in [1.82, 2.24) is 0 Å². The normalized spacial score (nSPS) is 11.5. The third kappa shape index (κ3) is 4.09. The fourth-order valence-corrected chi connectivity index (χ4v) is 1.04. The quantitative estimate of drug-likeness (QED) is 0.403. The molecule has 0 heterocycles. The van der Waals surface area contributed by atoms with Crippen molar-refractivity contribution >= 4 is 35.5 Å². The van der Waals surface area contributed by atoms with E-state index >= 15 is 0 Å². The Balaban J connectivity index is 0.00000196. The van der Waals surface area contributed by atoms with Crippen molar-refractivity contribution in [3.8, 4) is 11.5 Å². The van der Waals surface area contributed by atoms with Crippen molar-refractivity contribution in [2.75, 3.05) is 0 Å². The van der Waals surface area contributed by atoms with Crippen LogP contribution in [0.1, 0.15) is 5.56 Å². The molecule has 15 heavy (non-hydrogen) atoms. The number of carbonyl (C=O) groups is 1. The van der Waals surface area contributed by atoms with Crippen LogP contribution >= 0.6 is 0 Å². The molecule has 1 aromatic carbocycles. The first-order valence-corrected chi connectivity index (χ1v) is 4.00. The van der Waals surface area contributed by atoms with Crippen LogP contribution in [0.15, 0.2) is 18.2 Å². The van der Waals surface area contributed by atoms with E-state index in [0.29, 0.717) is 5.56 Å². The van der Waals surface area contributed by atoms with Gasteiger partial charge in [0.1, 0.15) is 6.04 Å². The number of phenolic OH excluding ortho intramolecular Hbond substituents is 2. The number of nitrogens with two attached hydrogens (primary N) is 1. The number of rotatable bonds is 3. The molecule has 0 aliphatic rings. The molecule has 0 fully saturated rings. The van der Waals surface area contributed by atoms with E-state index in [-0.39, 0.29) is 47.5 Å². The fraction of sp³-hybridized carbons (Fsp3) is 0.222. The van der Waals surface area contributed by atoms with E-state index in [1.807, 2.05) is 0 Å². The summed E-state index contributed by atoms with van der Waals surface area (Å²) in [4.78, 5) is 10.4. The number of hydrogen-bond donors (Lipinski definition) is 4. The maximum absolute atomic E-state index is 10.4. The zero-order valence-corrected chi connectivity index (χ0v) is 7.34. The van der Waals surface area contributed by atoms with Gasteiger partial charge in [0, 0.05) is 0 Å². The van der Waals surface area contributed by atoms with Crippen molar-refractivity contribution in [2.45, 2.75) is 12.5 Å². The molecule has 0 unspecified atom stereocenters. The third-order valence-corrected chi connectivity index (χ3v) is 1.81. The van der Waals surface area contributed by atoms with Crippen LogP contribution in [0.4, 0.5) is 0 Å². The molecule has 0 aliphatic heterocycles. The summed E-state index contributed by atoms with van der Waals surface area (Å²) in [5.41, 5.74) is 5.86. The van der Waals surface area contributed by atoms with Crippen LogP contribution < -0.4 is 5.73 Å². The van der Waals surface area contributed by atoms with Crippen molar-refractivity contribution in [2.24, 2.45) is 5.73 Å². The molecule has 0 aliphatic carbocycles. The van der Waals surface area contributed by atoms with Crippen LogP contribution in [0.5, 0.6) is 11.5 Å². The maximum atomic E-state index is 10.4. The third-order valence-electron chi connectivity index (χ3n) is 1.81. The first kappa shape index (κ1) is 14.2. The number of aliphatic carboxylic acids is 1. The number of phenols is 2. The second-order valence-electron chi connectivity index (χ2n) is 2.97. The van der Waals surface area contributed by atoms with Crippen molar-refractivity contribution in [3.05, 3.63) is 23.8 Å². The Kier molecular flexibility index (Phi) is 5.67. The van der Waals surface area contributed by atoms with Gasteiger partial charge in [-0.2, -0.15) is 0 Å². The molecule has 0 bridgehead atoms. The topological polar surface area (TPSA) is 104 Å². The molecule has 0 amide bonds. The molecule has 0 saturated carbocycles. The van der Waals surface area contributed by atoms with Gasteiger partial charge >= 0.3 is 35.5 Å². The summed E-state index contributed by atoms with van der Waals surface area (Å²) in [5, 5.41) is 26.6. The number of benzene rings is 1. The van der Waals surface area contributed by atoms with Gasteiger partial charge < -0.3 is 21.1 Å². The van der Waals surface area contributed by atoms with Gasteiger partial charge in [-0.3, -0.25) is 4.79 Å². The molecule has 1 aromatic rings. The summed E-state index contributed by atoms with van der Waals surface area (Å²) in [5.74, 6) is -1.62. The fourth-order valence-electron chi connectivity index (χ4n) is 1.04. The molecule has 1 rings (SSSR count). The Bertz CT molecular complexity index is 356. The number of aromatic hydroxyl groups is 2. The zero-order valence-electron chi connectivity index (χ0n) is 7.34. The van der Waals surface area contributed by atoms with Gasteiger partial charge in [0.15, 0.2) is 11.5 Å². The Morgan fingerprint density at radius 1 is 1.33 bits per heavy atom. The molecule has 1 atom stereocenters. The Hall–Kier alpha value is -0.750. The minimum absolute atomic E-state index is 0. The summed E-state index contributed by atoms with van der Waals surface area (Å²) < 4.78 is 0. The van der Waals surface area contributed by atoms with E-state index in [1.54, 1.807) is 0 Å².